The molecule has 192 valence electrons. The lowest BCUT2D eigenvalue weighted by molar-refractivity contribution is -0.0428. The molecule has 1 aromatic carbocycles. The monoisotopic (exact) mass is 513 g/mol. The summed E-state index contributed by atoms with van der Waals surface area (Å²) in [6.45, 7) is 1.27. The van der Waals surface area contributed by atoms with E-state index in [-0.39, 0.29) is 5.82 Å². The molecule has 0 bridgehead atoms. The molecule has 15 nitrogen and oxygen atoms in total. The Hall–Kier alpha value is -2.80. The van der Waals surface area contributed by atoms with Crippen LogP contribution in [0, 0.1) is 0 Å². The number of aliphatic hydroxyl groups excluding tert-OH is 2. The fraction of sp³-hybridized carbons (Fsp3) is 0.421. The topological polar surface area (TPSA) is 232 Å². The molecule has 3 heterocycles. The molecule has 0 spiro atoms. The van der Waals surface area contributed by atoms with Gasteiger partial charge in [-0.15, -0.1) is 0 Å². The number of hydrogen-bond acceptors (Lipinski definition) is 12. The van der Waals surface area contributed by atoms with E-state index in [1.807, 2.05) is 42.3 Å². The Balaban J connectivity index is 0.000000623. The normalized spacial score (nSPS) is 22.4. The summed E-state index contributed by atoms with van der Waals surface area (Å²) >= 11 is 0. The van der Waals surface area contributed by atoms with E-state index in [9.17, 15) is 10.2 Å². The van der Waals surface area contributed by atoms with Crippen LogP contribution in [0.15, 0.2) is 36.7 Å². The van der Waals surface area contributed by atoms with E-state index in [1.54, 1.807) is 4.57 Å². The lowest BCUT2D eigenvalue weighted by Gasteiger charge is -2.22. The lowest BCUT2D eigenvalue weighted by Crippen LogP contribution is -2.39. The molecule has 35 heavy (non-hydrogen) atoms. The van der Waals surface area contributed by atoms with E-state index in [0.29, 0.717) is 36.7 Å². The van der Waals surface area contributed by atoms with Gasteiger partial charge in [-0.2, -0.15) is 8.42 Å². The molecule has 16 heteroatoms. The van der Waals surface area contributed by atoms with Crippen LogP contribution in [0.4, 0.5) is 5.82 Å². The number of fused-ring (bicyclic) bond motifs is 1. The van der Waals surface area contributed by atoms with Crippen LogP contribution in [-0.2, 0) is 20.0 Å². The maximum atomic E-state index is 10.8. The van der Waals surface area contributed by atoms with Gasteiger partial charge in [-0.1, -0.05) is 30.3 Å². The summed E-state index contributed by atoms with van der Waals surface area (Å²) in [4.78, 5) is 19.4. The molecular formula is C19H27N7O8S. The van der Waals surface area contributed by atoms with Crippen molar-refractivity contribution >= 4 is 27.4 Å². The Labute approximate surface area is 200 Å². The third kappa shape index (κ3) is 6.66. The SMILES string of the molecule is CN(CCON)C[C@H]1O[C@@H](n2c(-c3ccccc3)nc3c(N)ncnc32)[C@H](O)[C@@H]1O.O=S(=O)(O)O. The number of hydrogen-bond donors (Lipinski definition) is 6. The molecule has 2 aromatic heterocycles. The van der Waals surface area contributed by atoms with Crippen molar-refractivity contribution < 1.29 is 37.3 Å². The Morgan fingerprint density at radius 2 is 1.83 bits per heavy atom. The first kappa shape index (κ1) is 26.8. The van der Waals surface area contributed by atoms with Crippen molar-refractivity contribution in [3.8, 4) is 11.4 Å². The van der Waals surface area contributed by atoms with Gasteiger partial charge < -0.3 is 30.4 Å². The molecule has 0 saturated carbocycles. The standard InChI is InChI=1S/C19H25N7O4.H2O4S/c1-25(7-8-29-21)9-12-14(27)15(28)19(30-12)26-17(11-5-3-2-4-6-11)24-13-16(20)22-10-23-18(13)26;1-5(2,3)4/h2-6,10,12,14-15,19,27-28H,7-9,21H2,1H3,(H2,20,22,23);(H2,1,2,3,4)/t12-,14-,15-,19-;/m1./s1. The molecule has 8 N–H and O–H groups in total. The number of anilines is 1. The molecule has 0 radical (unpaired) electrons. The average Bonchev–Trinajstić information content (AvgIpc) is 3.31. The molecule has 1 aliphatic heterocycles. The van der Waals surface area contributed by atoms with Crippen LogP contribution in [0.1, 0.15) is 6.23 Å². The van der Waals surface area contributed by atoms with Gasteiger partial charge in [-0.25, -0.2) is 20.8 Å². The smallest absolute Gasteiger partial charge is 0.387 e. The summed E-state index contributed by atoms with van der Waals surface area (Å²) in [6, 6.07) is 9.43. The first-order valence-electron chi connectivity index (χ1n) is 10.3. The summed E-state index contributed by atoms with van der Waals surface area (Å²) in [5, 5.41) is 21.5. The van der Waals surface area contributed by atoms with Gasteiger partial charge >= 0.3 is 10.4 Å². The third-order valence-corrected chi connectivity index (χ3v) is 5.21. The van der Waals surface area contributed by atoms with Crippen molar-refractivity contribution in [2.24, 2.45) is 5.90 Å². The largest absolute Gasteiger partial charge is 0.394 e. The molecule has 0 unspecified atom stereocenters. The number of benzene rings is 1. The number of nitrogens with two attached hydrogens (primary N) is 2. The van der Waals surface area contributed by atoms with E-state index in [2.05, 4.69) is 19.8 Å². The second-order valence-corrected chi connectivity index (χ2v) is 8.63. The van der Waals surface area contributed by atoms with Gasteiger partial charge in [0.2, 0.25) is 0 Å². The number of rotatable bonds is 7. The predicted octanol–water partition coefficient (Wildman–Crippen LogP) is -1.14. The van der Waals surface area contributed by atoms with E-state index >= 15 is 0 Å². The van der Waals surface area contributed by atoms with Gasteiger partial charge in [-0.3, -0.25) is 13.7 Å². The number of ether oxygens (including phenoxy) is 1. The Morgan fingerprint density at radius 1 is 1.17 bits per heavy atom. The fourth-order valence-corrected chi connectivity index (χ4v) is 3.66. The first-order chi connectivity index (χ1) is 16.5. The summed E-state index contributed by atoms with van der Waals surface area (Å²) in [5.41, 5.74) is 7.63. The van der Waals surface area contributed by atoms with Gasteiger partial charge in [0.25, 0.3) is 0 Å². The van der Waals surface area contributed by atoms with Crippen molar-refractivity contribution in [1.29, 1.82) is 0 Å². The maximum absolute atomic E-state index is 10.8. The first-order valence-corrected chi connectivity index (χ1v) is 11.7. The van der Waals surface area contributed by atoms with Crippen LogP contribution in [0.2, 0.25) is 0 Å². The van der Waals surface area contributed by atoms with E-state index in [0.717, 1.165) is 5.56 Å². The van der Waals surface area contributed by atoms with Gasteiger partial charge in [0.1, 0.15) is 30.5 Å². The molecule has 0 amide bonds. The second kappa shape index (κ2) is 11.3. The molecule has 1 fully saturated rings. The highest BCUT2D eigenvalue weighted by molar-refractivity contribution is 7.79. The van der Waals surface area contributed by atoms with Crippen LogP contribution in [0.25, 0.3) is 22.6 Å². The minimum absolute atomic E-state index is 0.224. The molecule has 3 aromatic rings. The third-order valence-electron chi connectivity index (χ3n) is 5.21. The minimum atomic E-state index is -4.67. The summed E-state index contributed by atoms with van der Waals surface area (Å²) in [5.74, 6) is 5.82. The molecule has 4 rings (SSSR count). The van der Waals surface area contributed by atoms with Crippen molar-refractivity contribution in [2.75, 3.05) is 32.5 Å². The maximum Gasteiger partial charge on any atom is 0.394 e. The Morgan fingerprint density at radius 3 is 2.46 bits per heavy atom. The molecule has 0 aliphatic carbocycles. The lowest BCUT2D eigenvalue weighted by atomic mass is 10.1. The van der Waals surface area contributed by atoms with Crippen LogP contribution in [0.3, 0.4) is 0 Å². The van der Waals surface area contributed by atoms with Crippen LogP contribution in [-0.4, -0.2) is 97.2 Å². The Kier molecular flexibility index (Phi) is 8.65. The zero-order valence-electron chi connectivity index (χ0n) is 18.6. The Bertz CT molecular complexity index is 1220. The van der Waals surface area contributed by atoms with Gasteiger partial charge in [0, 0.05) is 18.7 Å². The second-order valence-electron chi connectivity index (χ2n) is 7.73. The van der Waals surface area contributed by atoms with Crippen molar-refractivity contribution in [2.45, 2.75) is 24.5 Å². The van der Waals surface area contributed by atoms with Gasteiger partial charge in [-0.05, 0) is 7.05 Å². The highest BCUT2D eigenvalue weighted by Gasteiger charge is 2.45. The quantitative estimate of drug-likeness (QED) is 0.162. The predicted molar refractivity (Wildman–Crippen MR) is 123 cm³/mol. The molecular weight excluding hydrogens is 486 g/mol. The summed E-state index contributed by atoms with van der Waals surface area (Å²) < 4.78 is 39.3. The number of aliphatic hydroxyl groups is 2. The highest BCUT2D eigenvalue weighted by Crippen LogP contribution is 2.36. The van der Waals surface area contributed by atoms with Gasteiger partial charge in [0.05, 0.1) is 6.61 Å². The summed E-state index contributed by atoms with van der Waals surface area (Å²) in [7, 11) is -2.81. The van der Waals surface area contributed by atoms with Crippen molar-refractivity contribution in [3.63, 3.8) is 0 Å². The van der Waals surface area contributed by atoms with Crippen LogP contribution >= 0.6 is 0 Å². The fourth-order valence-electron chi connectivity index (χ4n) is 3.66. The number of nitrogen functional groups attached to an aromatic ring is 1. The summed E-state index contributed by atoms with van der Waals surface area (Å²) in [6.07, 6.45) is -2.49. The minimum Gasteiger partial charge on any atom is -0.387 e. The molecule has 1 aliphatic rings. The van der Waals surface area contributed by atoms with E-state index < -0.39 is 34.9 Å². The zero-order chi connectivity index (χ0) is 25.8. The average molecular weight is 514 g/mol. The molecule has 4 atom stereocenters. The van der Waals surface area contributed by atoms with Crippen LogP contribution < -0.4 is 11.6 Å². The number of nitrogens with zero attached hydrogens (tertiary/aromatic N) is 5. The molecule has 1 saturated heterocycles. The van der Waals surface area contributed by atoms with Crippen LogP contribution in [0.5, 0.6) is 0 Å². The highest BCUT2D eigenvalue weighted by atomic mass is 32.3. The van der Waals surface area contributed by atoms with Crippen molar-refractivity contribution in [3.05, 3.63) is 36.7 Å². The van der Waals surface area contributed by atoms with Gasteiger partial charge in [0.15, 0.2) is 23.2 Å². The number of aromatic nitrogens is 4. The van der Waals surface area contributed by atoms with E-state index in [1.165, 1.54) is 6.33 Å². The van der Waals surface area contributed by atoms with Crippen molar-refractivity contribution in [1.82, 2.24) is 24.4 Å². The number of imidazole rings is 1. The van der Waals surface area contributed by atoms with E-state index in [4.69, 9.17) is 33.9 Å². The number of likely N-dealkylation sites (N-methyl/N-ethyl adjacent to an activating group) is 1. The zero-order valence-corrected chi connectivity index (χ0v) is 19.4.